The molecule has 1 aromatic carbocycles. The van der Waals surface area contributed by atoms with Crippen molar-refractivity contribution in [1.82, 2.24) is 24.4 Å². The summed E-state index contributed by atoms with van der Waals surface area (Å²) in [5.74, 6) is 1.11. The van der Waals surface area contributed by atoms with E-state index < -0.39 is 5.41 Å². The molecule has 9 heteroatoms. The van der Waals surface area contributed by atoms with Crippen molar-refractivity contribution >= 4 is 29.1 Å². The average molecular weight is 478 g/mol. The number of amides is 2. The van der Waals surface area contributed by atoms with Crippen LogP contribution in [0.1, 0.15) is 32.9 Å². The predicted octanol–water partition coefficient (Wildman–Crippen LogP) is 3.06. The smallest absolute Gasteiger partial charge is 0.273 e. The van der Waals surface area contributed by atoms with Crippen LogP contribution in [-0.4, -0.2) is 42.8 Å². The number of carbonyl (C=O) groups excluding carboxylic acids is 2. The molecule has 1 spiro atoms. The summed E-state index contributed by atoms with van der Waals surface area (Å²) in [4.78, 5) is 40.8. The standard InChI is InChI=1S/C27H23N7O2/c35-25(34-10-9-33-8-2-3-20(33)15-34)22-12-23(30-16-29-22)31-19-6-5-17-13-27(14-18(17)11-19)21-4-1-7-28-24(21)32-26(27)36/h1-8,11-12,16H,9-10,13-15H2,(H,28,32,36)(H,29,30,31). The number of benzene rings is 1. The number of nitrogens with zero attached hydrogens (tertiary/aromatic N) is 5. The van der Waals surface area contributed by atoms with Gasteiger partial charge in [0.1, 0.15) is 23.7 Å². The molecule has 0 bridgehead atoms. The molecule has 1 aliphatic carbocycles. The minimum absolute atomic E-state index is 0.00541. The van der Waals surface area contributed by atoms with Crippen LogP contribution in [0.15, 0.2) is 67.3 Å². The number of hydrogen-bond acceptors (Lipinski definition) is 6. The summed E-state index contributed by atoms with van der Waals surface area (Å²) in [6, 6.07) is 15.7. The van der Waals surface area contributed by atoms with E-state index in [0.717, 1.165) is 34.6 Å². The molecule has 3 aliphatic rings. The van der Waals surface area contributed by atoms with Gasteiger partial charge < -0.3 is 20.1 Å². The highest BCUT2D eigenvalue weighted by Gasteiger charge is 2.51. The lowest BCUT2D eigenvalue weighted by atomic mass is 9.79. The predicted molar refractivity (Wildman–Crippen MR) is 133 cm³/mol. The van der Waals surface area contributed by atoms with E-state index in [1.807, 2.05) is 41.4 Å². The molecule has 178 valence electrons. The van der Waals surface area contributed by atoms with Crippen LogP contribution in [-0.2, 0) is 36.1 Å². The molecule has 0 saturated carbocycles. The van der Waals surface area contributed by atoms with E-state index in [2.05, 4.69) is 42.3 Å². The summed E-state index contributed by atoms with van der Waals surface area (Å²) in [7, 11) is 0. The molecule has 36 heavy (non-hydrogen) atoms. The van der Waals surface area contributed by atoms with Crippen LogP contribution in [0.5, 0.6) is 0 Å². The number of rotatable bonds is 3. The molecule has 2 aliphatic heterocycles. The molecule has 5 heterocycles. The molecule has 0 fully saturated rings. The molecule has 9 nitrogen and oxygen atoms in total. The third-order valence-corrected chi connectivity index (χ3v) is 7.51. The third kappa shape index (κ3) is 3.19. The van der Waals surface area contributed by atoms with Gasteiger partial charge in [-0.15, -0.1) is 0 Å². The lowest BCUT2D eigenvalue weighted by Crippen LogP contribution is -2.38. The van der Waals surface area contributed by atoms with Crippen LogP contribution in [0.2, 0.25) is 0 Å². The van der Waals surface area contributed by atoms with Crippen molar-refractivity contribution < 1.29 is 9.59 Å². The maximum atomic E-state index is 13.1. The molecule has 1 unspecified atom stereocenters. The average Bonchev–Trinajstić information content (AvgIpc) is 3.59. The maximum absolute atomic E-state index is 13.1. The van der Waals surface area contributed by atoms with Gasteiger partial charge in [-0.3, -0.25) is 9.59 Å². The summed E-state index contributed by atoms with van der Waals surface area (Å²) in [5, 5.41) is 6.26. The van der Waals surface area contributed by atoms with Crippen LogP contribution in [0.25, 0.3) is 0 Å². The molecular weight excluding hydrogens is 454 g/mol. The number of aromatic nitrogens is 4. The Morgan fingerprint density at radius 2 is 1.92 bits per heavy atom. The highest BCUT2D eigenvalue weighted by Crippen LogP contribution is 2.47. The van der Waals surface area contributed by atoms with Crippen molar-refractivity contribution in [3.8, 4) is 0 Å². The van der Waals surface area contributed by atoms with E-state index in [1.165, 1.54) is 6.33 Å². The molecule has 7 rings (SSSR count). The van der Waals surface area contributed by atoms with Crippen molar-refractivity contribution in [3.63, 3.8) is 0 Å². The summed E-state index contributed by atoms with van der Waals surface area (Å²) in [6.07, 6.45) is 6.42. The van der Waals surface area contributed by atoms with E-state index in [4.69, 9.17) is 0 Å². The second-order valence-electron chi connectivity index (χ2n) is 9.61. The fourth-order valence-electron chi connectivity index (χ4n) is 5.69. The van der Waals surface area contributed by atoms with Crippen molar-refractivity contribution in [2.24, 2.45) is 0 Å². The van der Waals surface area contributed by atoms with Crippen molar-refractivity contribution in [1.29, 1.82) is 0 Å². The largest absolute Gasteiger partial charge is 0.348 e. The van der Waals surface area contributed by atoms with Gasteiger partial charge in [-0.2, -0.15) is 0 Å². The van der Waals surface area contributed by atoms with Gasteiger partial charge in [0.05, 0.1) is 12.0 Å². The second-order valence-corrected chi connectivity index (χ2v) is 9.61. The minimum Gasteiger partial charge on any atom is -0.348 e. The quantitative estimate of drug-likeness (QED) is 0.470. The van der Waals surface area contributed by atoms with E-state index >= 15 is 0 Å². The monoisotopic (exact) mass is 477 g/mol. The fourth-order valence-corrected chi connectivity index (χ4v) is 5.69. The summed E-state index contributed by atoms with van der Waals surface area (Å²) in [6.45, 7) is 1.99. The first-order valence-corrected chi connectivity index (χ1v) is 12.0. The zero-order valence-corrected chi connectivity index (χ0v) is 19.4. The van der Waals surface area contributed by atoms with E-state index in [1.54, 1.807) is 12.3 Å². The highest BCUT2D eigenvalue weighted by atomic mass is 16.2. The Morgan fingerprint density at radius 3 is 2.86 bits per heavy atom. The van der Waals surface area contributed by atoms with Gasteiger partial charge in [-0.05, 0) is 54.3 Å². The first kappa shape index (κ1) is 20.8. The van der Waals surface area contributed by atoms with Gasteiger partial charge in [-0.1, -0.05) is 12.1 Å². The molecule has 2 N–H and O–H groups in total. The Hall–Kier alpha value is -4.53. The minimum atomic E-state index is -0.604. The van der Waals surface area contributed by atoms with Crippen molar-refractivity contribution in [2.75, 3.05) is 17.2 Å². The lowest BCUT2D eigenvalue weighted by molar-refractivity contribution is -0.120. The van der Waals surface area contributed by atoms with E-state index in [0.29, 0.717) is 43.3 Å². The van der Waals surface area contributed by atoms with Gasteiger partial charge >= 0.3 is 0 Å². The number of nitrogens with one attached hydrogen (secondary N) is 2. The molecular formula is C27H23N7O2. The topological polar surface area (TPSA) is 105 Å². The third-order valence-electron chi connectivity index (χ3n) is 7.51. The number of fused-ring (bicyclic) bond motifs is 4. The summed E-state index contributed by atoms with van der Waals surface area (Å²) in [5.41, 5.74) is 4.96. The molecule has 0 radical (unpaired) electrons. The van der Waals surface area contributed by atoms with E-state index in [-0.39, 0.29) is 11.8 Å². The SMILES string of the molecule is O=C(c1cc(Nc2ccc3c(c2)CC2(C3)C(=O)Nc3ncccc32)ncn1)N1CCn2cccc2C1. The Morgan fingerprint density at radius 1 is 1.00 bits per heavy atom. The van der Waals surface area contributed by atoms with Gasteiger partial charge in [-0.25, -0.2) is 15.0 Å². The second kappa shape index (κ2) is 7.74. The van der Waals surface area contributed by atoms with Crippen LogP contribution in [0.3, 0.4) is 0 Å². The highest BCUT2D eigenvalue weighted by molar-refractivity contribution is 6.06. The zero-order chi connectivity index (χ0) is 24.3. The molecule has 3 aromatic heterocycles. The van der Waals surface area contributed by atoms with Crippen molar-refractivity contribution in [3.05, 3.63) is 95.3 Å². The normalized spacial score (nSPS) is 19.6. The van der Waals surface area contributed by atoms with Crippen molar-refractivity contribution in [2.45, 2.75) is 31.3 Å². The van der Waals surface area contributed by atoms with Gasteiger partial charge in [0.2, 0.25) is 5.91 Å². The molecule has 0 saturated heterocycles. The van der Waals surface area contributed by atoms with Gasteiger partial charge in [0.25, 0.3) is 5.91 Å². The Kier molecular flexibility index (Phi) is 4.47. The summed E-state index contributed by atoms with van der Waals surface area (Å²) >= 11 is 0. The van der Waals surface area contributed by atoms with Crippen LogP contribution in [0, 0.1) is 0 Å². The molecule has 4 aromatic rings. The number of hydrogen-bond donors (Lipinski definition) is 2. The van der Waals surface area contributed by atoms with Gasteiger partial charge in [0.15, 0.2) is 0 Å². The number of anilines is 3. The Labute approximate surface area is 207 Å². The first-order chi connectivity index (χ1) is 17.6. The lowest BCUT2D eigenvalue weighted by Gasteiger charge is -2.28. The molecule has 2 amide bonds. The first-order valence-electron chi connectivity index (χ1n) is 12.0. The summed E-state index contributed by atoms with van der Waals surface area (Å²) < 4.78 is 2.17. The van der Waals surface area contributed by atoms with Gasteiger partial charge in [0, 0.05) is 48.5 Å². The number of pyridine rings is 1. The molecule has 1 atom stereocenters. The zero-order valence-electron chi connectivity index (χ0n) is 19.4. The Bertz CT molecular complexity index is 1540. The van der Waals surface area contributed by atoms with E-state index in [9.17, 15) is 9.59 Å². The Balaban J connectivity index is 1.11. The fraction of sp³-hybridized carbons (Fsp3) is 0.222. The number of carbonyl (C=O) groups is 2. The van der Waals surface area contributed by atoms with Crippen LogP contribution < -0.4 is 10.6 Å². The van der Waals surface area contributed by atoms with Crippen LogP contribution >= 0.6 is 0 Å². The maximum Gasteiger partial charge on any atom is 0.273 e. The van der Waals surface area contributed by atoms with Crippen LogP contribution in [0.4, 0.5) is 17.3 Å².